The molecule has 1 saturated carbocycles. The SMILES string of the molecule is CN(C)C(=S)C1CCCC1. The molecule has 0 saturated heterocycles. The molecule has 1 aliphatic rings. The second kappa shape index (κ2) is 3.33. The zero-order valence-electron chi connectivity index (χ0n) is 6.76. The van der Waals surface area contributed by atoms with Crippen molar-refractivity contribution in [1.82, 2.24) is 4.90 Å². The first kappa shape index (κ1) is 7.99. The Labute approximate surface area is 68.4 Å². The summed E-state index contributed by atoms with van der Waals surface area (Å²) >= 11 is 5.26. The highest BCUT2D eigenvalue weighted by Crippen LogP contribution is 2.26. The van der Waals surface area contributed by atoms with Gasteiger partial charge in [-0.25, -0.2) is 0 Å². The maximum absolute atomic E-state index is 5.26. The molecule has 0 atom stereocenters. The molecule has 0 spiro atoms. The van der Waals surface area contributed by atoms with E-state index in [0.717, 1.165) is 4.99 Å². The van der Waals surface area contributed by atoms with Crippen LogP contribution < -0.4 is 0 Å². The van der Waals surface area contributed by atoms with E-state index in [-0.39, 0.29) is 0 Å². The largest absolute Gasteiger partial charge is 0.372 e. The maximum Gasteiger partial charge on any atom is 0.0805 e. The van der Waals surface area contributed by atoms with Gasteiger partial charge < -0.3 is 4.90 Å². The van der Waals surface area contributed by atoms with Gasteiger partial charge in [0.25, 0.3) is 0 Å². The normalized spacial score (nSPS) is 19.4. The van der Waals surface area contributed by atoms with Crippen LogP contribution in [-0.4, -0.2) is 24.0 Å². The van der Waals surface area contributed by atoms with E-state index in [1.807, 2.05) is 14.1 Å². The van der Waals surface area contributed by atoms with Crippen molar-refractivity contribution in [3.63, 3.8) is 0 Å². The van der Waals surface area contributed by atoms with Crippen molar-refractivity contribution in [1.29, 1.82) is 0 Å². The molecular weight excluding hydrogens is 142 g/mol. The van der Waals surface area contributed by atoms with E-state index < -0.39 is 0 Å². The highest BCUT2D eigenvalue weighted by Gasteiger charge is 2.19. The smallest absolute Gasteiger partial charge is 0.0805 e. The summed E-state index contributed by atoms with van der Waals surface area (Å²) in [7, 11) is 4.08. The number of hydrogen-bond acceptors (Lipinski definition) is 1. The third-order valence-electron chi connectivity index (χ3n) is 2.15. The lowest BCUT2D eigenvalue weighted by atomic mass is 10.1. The summed E-state index contributed by atoms with van der Waals surface area (Å²) < 4.78 is 0. The molecule has 0 bridgehead atoms. The first-order valence-corrected chi connectivity index (χ1v) is 4.34. The highest BCUT2D eigenvalue weighted by molar-refractivity contribution is 7.80. The summed E-state index contributed by atoms with van der Waals surface area (Å²) in [6, 6.07) is 0. The average molecular weight is 157 g/mol. The topological polar surface area (TPSA) is 3.24 Å². The Balaban J connectivity index is 2.40. The standard InChI is InChI=1S/C8H15NS/c1-9(2)8(10)7-5-3-4-6-7/h7H,3-6H2,1-2H3. The Hall–Kier alpha value is -0.110. The van der Waals surface area contributed by atoms with Crippen LogP contribution in [0.4, 0.5) is 0 Å². The van der Waals surface area contributed by atoms with Crippen molar-refractivity contribution in [2.24, 2.45) is 5.92 Å². The van der Waals surface area contributed by atoms with E-state index in [1.54, 1.807) is 0 Å². The molecule has 0 radical (unpaired) electrons. The van der Waals surface area contributed by atoms with Crippen LogP contribution in [0.15, 0.2) is 0 Å². The fourth-order valence-electron chi connectivity index (χ4n) is 1.54. The van der Waals surface area contributed by atoms with Gasteiger partial charge in [-0.2, -0.15) is 0 Å². The van der Waals surface area contributed by atoms with E-state index >= 15 is 0 Å². The summed E-state index contributed by atoms with van der Waals surface area (Å²) in [5.41, 5.74) is 0. The molecule has 0 N–H and O–H groups in total. The molecule has 1 aliphatic carbocycles. The molecule has 10 heavy (non-hydrogen) atoms. The Kier molecular flexibility index (Phi) is 2.66. The Morgan fingerprint density at radius 2 is 1.80 bits per heavy atom. The van der Waals surface area contributed by atoms with E-state index in [9.17, 15) is 0 Å². The van der Waals surface area contributed by atoms with Crippen LogP contribution in [0.1, 0.15) is 25.7 Å². The Bertz CT molecular complexity index is 125. The van der Waals surface area contributed by atoms with Crippen molar-refractivity contribution in [3.05, 3.63) is 0 Å². The molecule has 0 unspecified atom stereocenters. The molecule has 0 heterocycles. The number of thiocarbonyl (C=S) groups is 1. The zero-order valence-corrected chi connectivity index (χ0v) is 7.58. The minimum atomic E-state index is 0.713. The van der Waals surface area contributed by atoms with Crippen LogP contribution in [0.2, 0.25) is 0 Å². The van der Waals surface area contributed by atoms with Gasteiger partial charge in [0.05, 0.1) is 4.99 Å². The van der Waals surface area contributed by atoms with Crippen molar-refractivity contribution in [2.45, 2.75) is 25.7 Å². The molecule has 1 fully saturated rings. The van der Waals surface area contributed by atoms with Crippen molar-refractivity contribution >= 4 is 17.2 Å². The molecular formula is C8H15NS. The summed E-state index contributed by atoms with van der Waals surface area (Å²) in [5, 5.41) is 0. The summed E-state index contributed by atoms with van der Waals surface area (Å²) in [6.07, 6.45) is 5.38. The molecule has 58 valence electrons. The fourth-order valence-corrected chi connectivity index (χ4v) is 1.77. The quantitative estimate of drug-likeness (QED) is 0.536. The third-order valence-corrected chi connectivity index (χ3v) is 2.84. The van der Waals surface area contributed by atoms with Gasteiger partial charge in [-0.05, 0) is 12.8 Å². The van der Waals surface area contributed by atoms with Crippen molar-refractivity contribution < 1.29 is 0 Å². The van der Waals surface area contributed by atoms with Crippen LogP contribution in [0.25, 0.3) is 0 Å². The van der Waals surface area contributed by atoms with Crippen LogP contribution in [-0.2, 0) is 0 Å². The maximum atomic E-state index is 5.26. The van der Waals surface area contributed by atoms with Crippen molar-refractivity contribution in [2.75, 3.05) is 14.1 Å². The minimum absolute atomic E-state index is 0.713. The first-order chi connectivity index (χ1) is 4.72. The predicted molar refractivity (Wildman–Crippen MR) is 48.2 cm³/mol. The number of hydrogen-bond donors (Lipinski definition) is 0. The van der Waals surface area contributed by atoms with Gasteiger partial charge in [-0.1, -0.05) is 25.1 Å². The average Bonchev–Trinajstić information content (AvgIpc) is 2.36. The Morgan fingerprint density at radius 3 is 2.20 bits per heavy atom. The lowest BCUT2D eigenvalue weighted by Crippen LogP contribution is -2.25. The van der Waals surface area contributed by atoms with Gasteiger partial charge >= 0.3 is 0 Å². The number of nitrogens with zero attached hydrogens (tertiary/aromatic N) is 1. The lowest BCUT2D eigenvalue weighted by Gasteiger charge is -2.18. The van der Waals surface area contributed by atoms with Crippen molar-refractivity contribution in [3.8, 4) is 0 Å². The molecule has 0 aromatic heterocycles. The first-order valence-electron chi connectivity index (χ1n) is 3.93. The minimum Gasteiger partial charge on any atom is -0.372 e. The van der Waals surface area contributed by atoms with E-state index in [0.29, 0.717) is 5.92 Å². The zero-order chi connectivity index (χ0) is 7.56. The van der Waals surface area contributed by atoms with Gasteiger partial charge in [0.1, 0.15) is 0 Å². The van der Waals surface area contributed by atoms with Gasteiger partial charge in [0.15, 0.2) is 0 Å². The van der Waals surface area contributed by atoms with Gasteiger partial charge in [0, 0.05) is 20.0 Å². The highest BCUT2D eigenvalue weighted by atomic mass is 32.1. The fraction of sp³-hybridized carbons (Fsp3) is 0.875. The van der Waals surface area contributed by atoms with E-state index in [2.05, 4.69) is 4.90 Å². The van der Waals surface area contributed by atoms with E-state index in [4.69, 9.17) is 12.2 Å². The summed E-state index contributed by atoms with van der Waals surface area (Å²) in [6.45, 7) is 0. The summed E-state index contributed by atoms with van der Waals surface area (Å²) in [4.78, 5) is 3.23. The molecule has 0 aliphatic heterocycles. The van der Waals surface area contributed by atoms with Gasteiger partial charge in [0.2, 0.25) is 0 Å². The van der Waals surface area contributed by atoms with E-state index in [1.165, 1.54) is 25.7 Å². The molecule has 1 nitrogen and oxygen atoms in total. The predicted octanol–water partition coefficient (Wildman–Crippen LogP) is 2.07. The van der Waals surface area contributed by atoms with Crippen LogP contribution in [0, 0.1) is 5.92 Å². The lowest BCUT2D eigenvalue weighted by molar-refractivity contribution is 0.564. The molecule has 0 aromatic carbocycles. The van der Waals surface area contributed by atoms with Crippen LogP contribution in [0.3, 0.4) is 0 Å². The molecule has 0 amide bonds. The summed E-state index contributed by atoms with van der Waals surface area (Å²) in [5.74, 6) is 0.713. The molecule has 2 heteroatoms. The number of rotatable bonds is 1. The molecule has 1 rings (SSSR count). The second-order valence-electron chi connectivity index (χ2n) is 3.21. The van der Waals surface area contributed by atoms with Gasteiger partial charge in [-0.15, -0.1) is 0 Å². The van der Waals surface area contributed by atoms with Crippen LogP contribution in [0.5, 0.6) is 0 Å². The van der Waals surface area contributed by atoms with Gasteiger partial charge in [-0.3, -0.25) is 0 Å². The third kappa shape index (κ3) is 1.69. The monoisotopic (exact) mass is 157 g/mol. The second-order valence-corrected chi connectivity index (χ2v) is 3.63. The van der Waals surface area contributed by atoms with Crippen LogP contribution >= 0.6 is 12.2 Å². The Morgan fingerprint density at radius 1 is 1.30 bits per heavy atom. The molecule has 0 aromatic rings.